The van der Waals surface area contributed by atoms with Gasteiger partial charge in [0.15, 0.2) is 0 Å². The molecule has 40 heavy (non-hydrogen) atoms. The van der Waals surface area contributed by atoms with E-state index in [4.69, 9.17) is 0 Å². The van der Waals surface area contributed by atoms with Crippen LogP contribution in [0.25, 0.3) is 31.3 Å². The number of nitrogens with zero attached hydrogens (tertiary/aromatic N) is 1. The largest absolute Gasteiger partial charge is 0.310 e. The van der Waals surface area contributed by atoms with Crippen LogP contribution in [0.3, 0.4) is 0 Å². The highest BCUT2D eigenvalue weighted by molar-refractivity contribution is 7.25. The summed E-state index contributed by atoms with van der Waals surface area (Å²) >= 11 is 1.88. The molecule has 8 rings (SSSR count). The third-order valence-corrected chi connectivity index (χ3v) is 9.69. The topological polar surface area (TPSA) is 3.24 Å². The summed E-state index contributed by atoms with van der Waals surface area (Å²) in [5.41, 5.74) is 10.1. The molecule has 1 nitrogen and oxygen atoms in total. The van der Waals surface area contributed by atoms with Crippen LogP contribution in [0.1, 0.15) is 23.6 Å². The van der Waals surface area contributed by atoms with Gasteiger partial charge in [-0.05, 0) is 89.3 Å². The number of fused-ring (bicyclic) bond motifs is 6. The van der Waals surface area contributed by atoms with E-state index in [1.165, 1.54) is 48.0 Å². The monoisotopic (exact) mass is 529 g/mol. The second kappa shape index (κ2) is 8.94. The predicted octanol–water partition coefficient (Wildman–Crippen LogP) is 10.9. The summed E-state index contributed by atoms with van der Waals surface area (Å²) in [5.74, 6) is 0. The van der Waals surface area contributed by atoms with Gasteiger partial charge in [-0.3, -0.25) is 0 Å². The fourth-order valence-electron chi connectivity index (χ4n) is 6.58. The van der Waals surface area contributed by atoms with Crippen LogP contribution in [-0.2, 0) is 5.41 Å². The molecule has 1 heterocycles. The molecular formula is C38H27NS. The zero-order valence-corrected chi connectivity index (χ0v) is 23.0. The Morgan fingerprint density at radius 1 is 0.475 bits per heavy atom. The molecule has 0 radical (unpaired) electrons. The zero-order valence-electron chi connectivity index (χ0n) is 22.2. The molecule has 0 saturated carbocycles. The Morgan fingerprint density at radius 3 is 1.57 bits per heavy atom. The maximum absolute atomic E-state index is 2.45. The molecule has 0 spiro atoms. The Kier molecular flexibility index (Phi) is 5.20. The summed E-state index contributed by atoms with van der Waals surface area (Å²) in [6, 6.07) is 53.1. The number of rotatable bonds is 4. The van der Waals surface area contributed by atoms with Crippen LogP contribution < -0.4 is 4.90 Å². The van der Waals surface area contributed by atoms with E-state index in [2.05, 4.69) is 157 Å². The van der Waals surface area contributed by atoms with E-state index in [-0.39, 0.29) is 5.41 Å². The first-order valence-electron chi connectivity index (χ1n) is 13.8. The molecule has 0 fully saturated rings. The highest BCUT2D eigenvalue weighted by atomic mass is 32.1. The number of anilines is 3. The van der Waals surface area contributed by atoms with Crippen molar-refractivity contribution in [3.63, 3.8) is 0 Å². The number of hydrogen-bond donors (Lipinski definition) is 0. The van der Waals surface area contributed by atoms with Gasteiger partial charge in [0.2, 0.25) is 0 Å². The van der Waals surface area contributed by atoms with Crippen LogP contribution in [0.4, 0.5) is 17.1 Å². The first-order valence-corrected chi connectivity index (χ1v) is 14.6. The summed E-state index contributed by atoms with van der Waals surface area (Å²) in [6.45, 7) is 2.39. The number of para-hydroxylation sites is 2. The Labute approximate surface area is 238 Å². The third-order valence-electron chi connectivity index (χ3n) is 8.54. The molecule has 0 saturated heterocycles. The summed E-state index contributed by atoms with van der Waals surface area (Å²) < 4.78 is 2.64. The van der Waals surface area contributed by atoms with Gasteiger partial charge in [-0.15, -0.1) is 11.3 Å². The van der Waals surface area contributed by atoms with Gasteiger partial charge in [0, 0.05) is 42.6 Å². The molecule has 1 aliphatic rings. The summed E-state index contributed by atoms with van der Waals surface area (Å²) in [4.78, 5) is 2.34. The molecular weight excluding hydrogens is 502 g/mol. The van der Waals surface area contributed by atoms with Crippen LogP contribution in [0.2, 0.25) is 0 Å². The number of hydrogen-bond acceptors (Lipinski definition) is 2. The van der Waals surface area contributed by atoms with Crippen molar-refractivity contribution in [2.75, 3.05) is 4.90 Å². The van der Waals surface area contributed by atoms with Gasteiger partial charge in [-0.1, -0.05) is 91.0 Å². The van der Waals surface area contributed by atoms with E-state index in [0.29, 0.717) is 0 Å². The van der Waals surface area contributed by atoms with Gasteiger partial charge in [-0.2, -0.15) is 0 Å². The molecule has 7 aromatic rings. The Hall–Kier alpha value is -4.66. The lowest BCUT2D eigenvalue weighted by atomic mass is 9.74. The van der Waals surface area contributed by atoms with Crippen LogP contribution >= 0.6 is 11.3 Å². The van der Waals surface area contributed by atoms with Crippen molar-refractivity contribution in [1.29, 1.82) is 0 Å². The van der Waals surface area contributed by atoms with Crippen molar-refractivity contribution in [3.05, 3.63) is 162 Å². The lowest BCUT2D eigenvalue weighted by Crippen LogP contribution is -2.22. The summed E-state index contributed by atoms with van der Waals surface area (Å²) in [6.07, 6.45) is 0. The summed E-state index contributed by atoms with van der Waals surface area (Å²) in [7, 11) is 0. The quantitative estimate of drug-likeness (QED) is 0.219. The van der Waals surface area contributed by atoms with Crippen molar-refractivity contribution < 1.29 is 0 Å². The van der Waals surface area contributed by atoms with Gasteiger partial charge in [0.1, 0.15) is 0 Å². The highest BCUT2D eigenvalue weighted by Crippen LogP contribution is 2.53. The molecule has 0 N–H and O–H groups in total. The van der Waals surface area contributed by atoms with Crippen molar-refractivity contribution in [1.82, 2.24) is 0 Å². The SMILES string of the molecule is CC1(c2ccc3sc4ccc(N(c5ccccc5)c5ccccc5)cc4c3c2)c2ccccc2-c2ccccc21. The zero-order chi connectivity index (χ0) is 26.7. The Morgan fingerprint density at radius 2 is 0.975 bits per heavy atom. The van der Waals surface area contributed by atoms with E-state index in [1.54, 1.807) is 0 Å². The molecule has 0 bridgehead atoms. The lowest BCUT2D eigenvalue weighted by Gasteiger charge is -2.28. The molecule has 0 unspecified atom stereocenters. The van der Waals surface area contributed by atoms with Crippen molar-refractivity contribution >= 4 is 48.6 Å². The first-order chi connectivity index (χ1) is 19.7. The van der Waals surface area contributed by atoms with E-state index >= 15 is 0 Å². The van der Waals surface area contributed by atoms with E-state index < -0.39 is 0 Å². The minimum Gasteiger partial charge on any atom is -0.310 e. The molecule has 190 valence electrons. The second-order valence-electron chi connectivity index (χ2n) is 10.7. The minimum absolute atomic E-state index is 0.201. The fraction of sp³-hybridized carbons (Fsp3) is 0.0526. The average Bonchev–Trinajstić information content (AvgIpc) is 3.51. The molecule has 0 amide bonds. The van der Waals surface area contributed by atoms with Crippen LogP contribution in [0.5, 0.6) is 0 Å². The standard InChI is InChI=1S/C38H27NS/c1-38(34-18-10-8-16-30(34)31-17-9-11-19-35(31)38)26-20-22-36-32(24-26)33-25-29(21-23-37(33)40-36)39(27-12-4-2-5-13-27)28-14-6-3-7-15-28/h2-25H,1H3. The van der Waals surface area contributed by atoms with Gasteiger partial charge in [0.05, 0.1) is 0 Å². The number of benzene rings is 6. The lowest BCUT2D eigenvalue weighted by molar-refractivity contribution is 0.715. The predicted molar refractivity (Wildman–Crippen MR) is 171 cm³/mol. The Balaban J connectivity index is 1.33. The average molecular weight is 530 g/mol. The van der Waals surface area contributed by atoms with Crippen LogP contribution in [-0.4, -0.2) is 0 Å². The van der Waals surface area contributed by atoms with Crippen LogP contribution in [0, 0.1) is 0 Å². The molecule has 1 aromatic heterocycles. The molecule has 2 heteroatoms. The normalized spacial score (nSPS) is 13.3. The first kappa shape index (κ1) is 23.2. The minimum atomic E-state index is -0.201. The van der Waals surface area contributed by atoms with Crippen molar-refractivity contribution in [3.8, 4) is 11.1 Å². The number of thiophene rings is 1. The maximum Gasteiger partial charge on any atom is 0.0468 e. The molecule has 0 atom stereocenters. The smallest absolute Gasteiger partial charge is 0.0468 e. The van der Waals surface area contributed by atoms with E-state index in [1.807, 2.05) is 11.3 Å². The molecule has 1 aliphatic carbocycles. The van der Waals surface area contributed by atoms with E-state index in [0.717, 1.165) is 17.1 Å². The Bertz CT molecular complexity index is 1940. The van der Waals surface area contributed by atoms with Crippen molar-refractivity contribution in [2.24, 2.45) is 0 Å². The molecule has 6 aromatic carbocycles. The van der Waals surface area contributed by atoms with E-state index in [9.17, 15) is 0 Å². The van der Waals surface area contributed by atoms with Gasteiger partial charge < -0.3 is 4.90 Å². The summed E-state index contributed by atoms with van der Waals surface area (Å²) in [5, 5.41) is 2.63. The maximum atomic E-state index is 2.45. The second-order valence-corrected chi connectivity index (χ2v) is 11.8. The van der Waals surface area contributed by atoms with Crippen molar-refractivity contribution in [2.45, 2.75) is 12.3 Å². The third kappa shape index (κ3) is 3.40. The van der Waals surface area contributed by atoms with Crippen LogP contribution in [0.15, 0.2) is 146 Å². The van der Waals surface area contributed by atoms with Gasteiger partial charge >= 0.3 is 0 Å². The highest BCUT2D eigenvalue weighted by Gasteiger charge is 2.40. The van der Waals surface area contributed by atoms with Gasteiger partial charge in [0.25, 0.3) is 0 Å². The fourth-order valence-corrected chi connectivity index (χ4v) is 7.65. The van der Waals surface area contributed by atoms with Gasteiger partial charge in [-0.25, -0.2) is 0 Å². The molecule has 0 aliphatic heterocycles.